The molecule has 0 aromatic rings. The fourth-order valence-corrected chi connectivity index (χ4v) is 1.32. The first-order valence-corrected chi connectivity index (χ1v) is 8.81. The summed E-state index contributed by atoms with van der Waals surface area (Å²) in [7, 11) is 0. The highest BCUT2D eigenvalue weighted by molar-refractivity contribution is 7.97. The number of hydrogen-bond acceptors (Lipinski definition) is 6. The van der Waals surface area contributed by atoms with Gasteiger partial charge in [0, 0.05) is 38.8 Å². The minimum atomic E-state index is -5.08. The largest absolute Gasteiger partial charge is 0.490 e. The summed E-state index contributed by atoms with van der Waals surface area (Å²) in [6.45, 7) is 0.617. The normalized spacial score (nSPS) is 12.0. The Labute approximate surface area is 188 Å². The Kier molecular flexibility index (Phi) is 18.2. The van der Waals surface area contributed by atoms with Gasteiger partial charge >= 0.3 is 24.3 Å². The minimum Gasteiger partial charge on any atom is -0.475 e. The molecule has 0 aliphatic carbocycles. The summed E-state index contributed by atoms with van der Waals surface area (Å²) >= 11 is 7.55. The zero-order valence-electron chi connectivity index (χ0n) is 16.0. The van der Waals surface area contributed by atoms with Crippen LogP contribution in [0, 0.1) is 0 Å². The molecule has 6 N–H and O–H groups in total. The topological polar surface area (TPSA) is 185 Å². The molecule has 0 unspecified atom stereocenters. The Morgan fingerprint density at radius 2 is 0.875 bits per heavy atom. The lowest BCUT2D eigenvalue weighted by atomic mass is 10.1. The summed E-state index contributed by atoms with van der Waals surface area (Å²) in [5.74, 6) is -5.54. The van der Waals surface area contributed by atoms with Gasteiger partial charge in [-0.2, -0.15) is 26.3 Å². The highest BCUT2D eigenvalue weighted by Gasteiger charge is 2.38. The summed E-state index contributed by atoms with van der Waals surface area (Å²) < 4.78 is 63.5. The fourth-order valence-electron chi connectivity index (χ4n) is 1.12. The Hall–Kier alpha value is -2.50. The maximum absolute atomic E-state index is 11.4. The number of alkyl halides is 6. The molecular formula is C14H20F6N4O6S2. The van der Waals surface area contributed by atoms with E-state index in [1.54, 1.807) is 0 Å². The molecule has 0 fully saturated rings. The molecule has 0 saturated heterocycles. The number of nitrogens with zero attached hydrogens (tertiary/aromatic N) is 2. The average molecular weight is 518 g/mol. The first-order valence-electron chi connectivity index (χ1n) is 7.92. The van der Waals surface area contributed by atoms with Gasteiger partial charge in [-0.25, -0.2) is 9.59 Å². The standard InChI is InChI=1S/C10H18N4O2S2.2C2HF3O2/c11-9(17)13-5-3-7(15)1-2-8(16)4-6-14-10(12)18;2*3-2(4,5)1(6)7/h1-6H2,(H3,11,13,17)(H3,12,14,18);2*(H,6,7). The molecule has 0 aromatic carbocycles. The lowest BCUT2D eigenvalue weighted by Gasteiger charge is -1.99. The van der Waals surface area contributed by atoms with Crippen LogP contribution in [0.4, 0.5) is 26.3 Å². The Balaban J connectivity index is -0.000000491. The Bertz CT molecular complexity index is 632. The number of carbonyl (C=O) groups is 4. The van der Waals surface area contributed by atoms with E-state index in [0.29, 0.717) is 13.1 Å². The van der Waals surface area contributed by atoms with Gasteiger partial charge in [0.05, 0.1) is 0 Å². The zero-order valence-corrected chi connectivity index (χ0v) is 17.8. The summed E-state index contributed by atoms with van der Waals surface area (Å²) in [4.78, 5) is 48.1. The molecule has 0 aliphatic heterocycles. The van der Waals surface area contributed by atoms with E-state index in [1.807, 2.05) is 0 Å². The van der Waals surface area contributed by atoms with Crippen molar-refractivity contribution < 1.29 is 55.7 Å². The Morgan fingerprint density at radius 3 is 1.03 bits per heavy atom. The fraction of sp³-hybridized carbons (Fsp3) is 0.571. The van der Waals surface area contributed by atoms with E-state index < -0.39 is 24.3 Å². The van der Waals surface area contributed by atoms with E-state index >= 15 is 0 Å². The van der Waals surface area contributed by atoms with E-state index in [-0.39, 0.29) is 47.6 Å². The van der Waals surface area contributed by atoms with E-state index in [4.69, 9.17) is 31.3 Å². The number of nitrogens with two attached hydrogens (primary N) is 2. The maximum atomic E-state index is 11.4. The molecule has 18 heteroatoms. The van der Waals surface area contributed by atoms with E-state index in [9.17, 15) is 35.9 Å². The minimum absolute atomic E-state index is 0.0149. The third-order valence-corrected chi connectivity index (χ3v) is 2.78. The predicted molar refractivity (Wildman–Crippen MR) is 107 cm³/mol. The van der Waals surface area contributed by atoms with Crippen molar-refractivity contribution in [3.05, 3.63) is 0 Å². The van der Waals surface area contributed by atoms with Crippen molar-refractivity contribution in [2.45, 2.75) is 38.0 Å². The van der Waals surface area contributed by atoms with E-state index in [0.717, 1.165) is 0 Å². The van der Waals surface area contributed by atoms with Gasteiger partial charge in [0.15, 0.2) is 10.3 Å². The van der Waals surface area contributed by atoms with Crippen molar-refractivity contribution in [2.75, 3.05) is 13.1 Å². The summed E-state index contributed by atoms with van der Waals surface area (Å²) in [5.41, 5.74) is 10.4. The highest BCUT2D eigenvalue weighted by Crippen LogP contribution is 2.13. The SMILES string of the molecule is NC(S)=NCCC(=O)CCC(=O)CCN=C(N)S.O=C(O)C(F)(F)F.O=C(O)C(F)(F)F. The number of halogens is 6. The van der Waals surface area contributed by atoms with Gasteiger partial charge in [-0.05, 0) is 0 Å². The molecule has 0 amide bonds. The number of thiol groups is 2. The molecule has 32 heavy (non-hydrogen) atoms. The van der Waals surface area contributed by atoms with Crippen LogP contribution in [0.1, 0.15) is 25.7 Å². The van der Waals surface area contributed by atoms with Crippen LogP contribution in [-0.2, 0) is 19.2 Å². The number of aliphatic carboxylic acids is 2. The van der Waals surface area contributed by atoms with Gasteiger partial charge in [-0.15, -0.1) is 25.3 Å². The van der Waals surface area contributed by atoms with Crippen LogP contribution in [0.5, 0.6) is 0 Å². The lowest BCUT2D eigenvalue weighted by Crippen LogP contribution is -2.21. The summed E-state index contributed by atoms with van der Waals surface area (Å²) in [5, 5.41) is 14.6. The first kappa shape index (κ1) is 34.1. The van der Waals surface area contributed by atoms with Gasteiger partial charge in [-0.1, -0.05) is 0 Å². The number of carboxylic acids is 2. The van der Waals surface area contributed by atoms with Crippen LogP contribution in [0.25, 0.3) is 0 Å². The summed E-state index contributed by atoms with van der Waals surface area (Å²) in [6, 6.07) is 0. The number of hydrogen-bond donors (Lipinski definition) is 6. The average Bonchev–Trinajstić information content (AvgIpc) is 2.58. The van der Waals surface area contributed by atoms with Crippen LogP contribution in [0.2, 0.25) is 0 Å². The van der Waals surface area contributed by atoms with Crippen molar-refractivity contribution in [1.82, 2.24) is 0 Å². The van der Waals surface area contributed by atoms with E-state index in [2.05, 4.69) is 35.2 Å². The van der Waals surface area contributed by atoms with Crippen LogP contribution in [0.15, 0.2) is 9.98 Å². The number of carbonyl (C=O) groups excluding carboxylic acids is 2. The molecular weight excluding hydrogens is 498 g/mol. The van der Waals surface area contributed by atoms with Crippen molar-refractivity contribution in [3.63, 3.8) is 0 Å². The number of ketones is 2. The van der Waals surface area contributed by atoms with Gasteiger partial charge in [0.25, 0.3) is 0 Å². The van der Waals surface area contributed by atoms with Crippen molar-refractivity contribution >= 4 is 59.1 Å². The molecule has 10 nitrogen and oxygen atoms in total. The van der Waals surface area contributed by atoms with Gasteiger partial charge in [-0.3, -0.25) is 19.6 Å². The quantitative estimate of drug-likeness (QED) is 0.115. The second kappa shape index (κ2) is 17.1. The van der Waals surface area contributed by atoms with Crippen molar-refractivity contribution in [3.8, 4) is 0 Å². The predicted octanol–water partition coefficient (Wildman–Crippen LogP) is 1.44. The number of aliphatic imine (C=N–C) groups is 2. The number of carboxylic acid groups (broad SMARTS) is 2. The molecule has 0 saturated carbocycles. The van der Waals surface area contributed by atoms with E-state index in [1.165, 1.54) is 0 Å². The molecule has 0 spiro atoms. The molecule has 0 atom stereocenters. The number of rotatable bonds is 9. The number of amidine groups is 2. The van der Waals surface area contributed by atoms with Crippen LogP contribution in [-0.4, -0.2) is 69.5 Å². The maximum Gasteiger partial charge on any atom is 0.490 e. The smallest absolute Gasteiger partial charge is 0.475 e. The zero-order chi connectivity index (χ0) is 26.1. The highest BCUT2D eigenvalue weighted by atomic mass is 32.1. The van der Waals surface area contributed by atoms with Gasteiger partial charge < -0.3 is 21.7 Å². The van der Waals surface area contributed by atoms with Crippen molar-refractivity contribution in [1.29, 1.82) is 0 Å². The lowest BCUT2D eigenvalue weighted by molar-refractivity contribution is -0.193. The number of Topliss-reactive ketones (excluding diaryl/α,β-unsaturated/α-hetero) is 2. The molecule has 0 rings (SSSR count). The monoisotopic (exact) mass is 518 g/mol. The van der Waals surface area contributed by atoms with Gasteiger partial charge in [0.1, 0.15) is 11.6 Å². The van der Waals surface area contributed by atoms with Crippen LogP contribution >= 0.6 is 25.3 Å². The molecule has 0 heterocycles. The molecule has 186 valence electrons. The second-order valence-electron chi connectivity index (χ2n) is 5.16. The first-order chi connectivity index (χ1) is 14.3. The van der Waals surface area contributed by atoms with Crippen LogP contribution in [0.3, 0.4) is 0 Å². The molecule has 0 aromatic heterocycles. The third-order valence-electron chi connectivity index (χ3n) is 2.50. The molecule has 0 radical (unpaired) electrons. The third kappa shape index (κ3) is 27.5. The van der Waals surface area contributed by atoms with Gasteiger partial charge in [0.2, 0.25) is 0 Å². The molecule has 0 aliphatic rings. The second-order valence-corrected chi connectivity index (χ2v) is 6.08. The summed E-state index contributed by atoms with van der Waals surface area (Å²) in [6.07, 6.45) is -9.17. The Morgan fingerprint density at radius 1 is 0.656 bits per heavy atom. The molecule has 0 bridgehead atoms. The van der Waals surface area contributed by atoms with Crippen LogP contribution < -0.4 is 11.5 Å². The van der Waals surface area contributed by atoms with Crippen molar-refractivity contribution in [2.24, 2.45) is 21.5 Å².